The summed E-state index contributed by atoms with van der Waals surface area (Å²) in [6.45, 7) is 5.43. The second-order valence-corrected chi connectivity index (χ2v) is 7.70. The molecule has 0 spiro atoms. The number of nitrogens with zero attached hydrogens (tertiary/aromatic N) is 4. The van der Waals surface area contributed by atoms with Crippen molar-refractivity contribution in [1.82, 2.24) is 19.2 Å². The average Bonchev–Trinajstić information content (AvgIpc) is 3.16. The Morgan fingerprint density at radius 1 is 1.46 bits per heavy atom. The van der Waals surface area contributed by atoms with Crippen LogP contribution in [0.25, 0.3) is 0 Å². The number of aromatic nitrogens is 3. The maximum atomic E-state index is 12.6. The molecule has 0 aliphatic carbocycles. The first kappa shape index (κ1) is 17.0. The largest absolute Gasteiger partial charge is 0.345 e. The first-order chi connectivity index (χ1) is 11.5. The first-order valence-electron chi connectivity index (χ1n) is 8.43. The highest BCUT2D eigenvalue weighted by atomic mass is 32.1. The van der Waals surface area contributed by atoms with Crippen molar-refractivity contribution < 1.29 is 4.79 Å². The van der Waals surface area contributed by atoms with Crippen LogP contribution >= 0.6 is 11.3 Å². The summed E-state index contributed by atoms with van der Waals surface area (Å²) in [5, 5.41) is 6.45. The van der Waals surface area contributed by atoms with Crippen molar-refractivity contribution >= 4 is 17.2 Å². The Balaban J connectivity index is 1.77. The molecule has 6 nitrogen and oxygen atoms in total. The van der Waals surface area contributed by atoms with Gasteiger partial charge in [-0.05, 0) is 38.1 Å². The zero-order valence-electron chi connectivity index (χ0n) is 14.4. The third-order valence-electron chi connectivity index (χ3n) is 4.54. The van der Waals surface area contributed by atoms with Crippen molar-refractivity contribution in [2.75, 3.05) is 13.1 Å². The van der Waals surface area contributed by atoms with E-state index in [0.29, 0.717) is 13.0 Å². The molecule has 1 fully saturated rings. The summed E-state index contributed by atoms with van der Waals surface area (Å²) in [6, 6.07) is 4.04. The predicted molar refractivity (Wildman–Crippen MR) is 94.4 cm³/mol. The molecule has 7 heteroatoms. The Bertz CT molecular complexity index is 760. The highest BCUT2D eigenvalue weighted by Crippen LogP contribution is 2.27. The van der Waals surface area contributed by atoms with Crippen LogP contribution in [0, 0.1) is 0 Å². The standard InChI is InChI=1S/C17H24N4O2S/c1-12(2)21-16(18-19(3)17(21)23)13-6-4-8-20(11-13)15(22)10-14-7-5-9-24-14/h5,7,9,12-13H,4,6,8,10-11H2,1-3H3. The lowest BCUT2D eigenvalue weighted by Gasteiger charge is -2.32. The number of thiophene rings is 1. The molecular formula is C17H24N4O2S. The Morgan fingerprint density at radius 3 is 2.92 bits per heavy atom. The maximum Gasteiger partial charge on any atom is 0.345 e. The molecule has 2 aromatic heterocycles. The van der Waals surface area contributed by atoms with Crippen LogP contribution in [0.2, 0.25) is 0 Å². The van der Waals surface area contributed by atoms with Crippen molar-refractivity contribution in [3.63, 3.8) is 0 Å². The molecule has 1 aliphatic heterocycles. The van der Waals surface area contributed by atoms with Gasteiger partial charge in [-0.3, -0.25) is 9.36 Å². The molecule has 0 bridgehead atoms. The molecule has 0 aromatic carbocycles. The minimum atomic E-state index is -0.0814. The molecule has 1 unspecified atom stereocenters. The number of carbonyl (C=O) groups is 1. The predicted octanol–water partition coefficient (Wildman–Crippen LogP) is 2.17. The number of likely N-dealkylation sites (tertiary alicyclic amines) is 1. The van der Waals surface area contributed by atoms with E-state index in [2.05, 4.69) is 5.10 Å². The summed E-state index contributed by atoms with van der Waals surface area (Å²) < 4.78 is 3.17. The fraction of sp³-hybridized carbons (Fsp3) is 0.588. The lowest BCUT2D eigenvalue weighted by atomic mass is 9.96. The van der Waals surface area contributed by atoms with Gasteiger partial charge in [0.2, 0.25) is 5.91 Å². The lowest BCUT2D eigenvalue weighted by molar-refractivity contribution is -0.131. The summed E-state index contributed by atoms with van der Waals surface area (Å²) in [4.78, 5) is 27.9. The van der Waals surface area contributed by atoms with Gasteiger partial charge in [-0.15, -0.1) is 11.3 Å². The molecule has 0 saturated carbocycles. The van der Waals surface area contributed by atoms with Crippen molar-refractivity contribution in [2.45, 2.75) is 45.1 Å². The van der Waals surface area contributed by atoms with Gasteiger partial charge < -0.3 is 4.90 Å². The van der Waals surface area contributed by atoms with Gasteiger partial charge in [0.1, 0.15) is 5.82 Å². The zero-order chi connectivity index (χ0) is 17.3. The number of carbonyl (C=O) groups excluding carboxylic acids is 1. The van der Waals surface area contributed by atoms with Crippen LogP contribution in [0.15, 0.2) is 22.3 Å². The smallest absolute Gasteiger partial charge is 0.342 e. The lowest BCUT2D eigenvalue weighted by Crippen LogP contribution is -2.40. The van der Waals surface area contributed by atoms with Gasteiger partial charge in [-0.25, -0.2) is 9.48 Å². The van der Waals surface area contributed by atoms with Crippen molar-refractivity contribution in [1.29, 1.82) is 0 Å². The Morgan fingerprint density at radius 2 is 2.25 bits per heavy atom. The van der Waals surface area contributed by atoms with E-state index < -0.39 is 0 Å². The third kappa shape index (κ3) is 3.31. The molecule has 0 radical (unpaired) electrons. The Hall–Kier alpha value is -1.89. The van der Waals surface area contributed by atoms with E-state index in [1.54, 1.807) is 23.0 Å². The molecule has 3 rings (SSSR count). The SMILES string of the molecule is CC(C)n1c(C2CCCN(C(=O)Cc3cccs3)C2)nn(C)c1=O. The van der Waals surface area contributed by atoms with Crippen molar-refractivity contribution in [2.24, 2.45) is 7.05 Å². The highest BCUT2D eigenvalue weighted by molar-refractivity contribution is 7.10. The van der Waals surface area contributed by atoms with Gasteiger partial charge in [0.15, 0.2) is 0 Å². The first-order valence-corrected chi connectivity index (χ1v) is 9.31. The molecule has 1 amide bonds. The van der Waals surface area contributed by atoms with Crippen LogP contribution in [0.1, 0.15) is 49.4 Å². The quantitative estimate of drug-likeness (QED) is 0.851. The fourth-order valence-electron chi connectivity index (χ4n) is 3.35. The van der Waals surface area contributed by atoms with E-state index in [-0.39, 0.29) is 23.6 Å². The number of hydrogen-bond donors (Lipinski definition) is 0. The average molecular weight is 348 g/mol. The molecule has 1 saturated heterocycles. The number of aryl methyl sites for hydroxylation is 1. The molecule has 130 valence electrons. The minimum Gasteiger partial charge on any atom is -0.342 e. The van der Waals surface area contributed by atoms with Crippen LogP contribution in [0.3, 0.4) is 0 Å². The van der Waals surface area contributed by atoms with Crippen LogP contribution < -0.4 is 5.69 Å². The number of amides is 1. The molecule has 1 aliphatic rings. The van der Waals surface area contributed by atoms with E-state index in [1.807, 2.05) is 36.3 Å². The zero-order valence-corrected chi connectivity index (χ0v) is 15.3. The van der Waals surface area contributed by atoms with Crippen LogP contribution in [-0.4, -0.2) is 38.2 Å². The number of rotatable bonds is 4. The van der Waals surface area contributed by atoms with E-state index in [4.69, 9.17) is 0 Å². The number of hydrogen-bond acceptors (Lipinski definition) is 4. The molecular weight excluding hydrogens is 324 g/mol. The van der Waals surface area contributed by atoms with Crippen LogP contribution in [0.4, 0.5) is 0 Å². The van der Waals surface area contributed by atoms with Gasteiger partial charge >= 0.3 is 5.69 Å². The molecule has 1 atom stereocenters. The second kappa shape index (κ2) is 6.93. The van der Waals surface area contributed by atoms with E-state index in [9.17, 15) is 9.59 Å². The fourth-order valence-corrected chi connectivity index (χ4v) is 4.05. The number of piperidine rings is 1. The topological polar surface area (TPSA) is 60.1 Å². The van der Waals surface area contributed by atoms with Gasteiger partial charge in [-0.2, -0.15) is 5.10 Å². The Kier molecular flexibility index (Phi) is 4.89. The minimum absolute atomic E-state index is 0.0680. The van der Waals surface area contributed by atoms with E-state index in [1.165, 1.54) is 4.68 Å². The van der Waals surface area contributed by atoms with Gasteiger partial charge in [0.05, 0.1) is 6.42 Å². The normalized spacial score (nSPS) is 18.3. The maximum absolute atomic E-state index is 12.6. The molecule has 2 aromatic rings. The van der Waals surface area contributed by atoms with E-state index in [0.717, 1.165) is 30.1 Å². The Labute approximate surface area is 145 Å². The van der Waals surface area contributed by atoms with Gasteiger partial charge in [0, 0.05) is 37.0 Å². The summed E-state index contributed by atoms with van der Waals surface area (Å²) in [5.41, 5.74) is -0.0814. The van der Waals surface area contributed by atoms with Crippen molar-refractivity contribution in [3.8, 4) is 0 Å². The molecule has 24 heavy (non-hydrogen) atoms. The monoisotopic (exact) mass is 348 g/mol. The molecule has 0 N–H and O–H groups in total. The summed E-state index contributed by atoms with van der Waals surface area (Å²) >= 11 is 1.62. The van der Waals surface area contributed by atoms with Gasteiger partial charge in [-0.1, -0.05) is 6.07 Å². The third-order valence-corrected chi connectivity index (χ3v) is 5.42. The van der Waals surface area contributed by atoms with Gasteiger partial charge in [0.25, 0.3) is 0 Å². The second-order valence-electron chi connectivity index (χ2n) is 6.66. The van der Waals surface area contributed by atoms with Crippen molar-refractivity contribution in [3.05, 3.63) is 38.7 Å². The molecule has 3 heterocycles. The summed E-state index contributed by atoms with van der Waals surface area (Å²) in [7, 11) is 1.69. The highest BCUT2D eigenvalue weighted by Gasteiger charge is 2.29. The van der Waals surface area contributed by atoms with Crippen LogP contribution in [0.5, 0.6) is 0 Å². The summed E-state index contributed by atoms with van der Waals surface area (Å²) in [5.74, 6) is 1.10. The van der Waals surface area contributed by atoms with E-state index >= 15 is 0 Å². The summed E-state index contributed by atoms with van der Waals surface area (Å²) in [6.07, 6.45) is 2.37. The van der Waals surface area contributed by atoms with Crippen LogP contribution in [-0.2, 0) is 18.3 Å².